The van der Waals surface area contributed by atoms with Crippen molar-refractivity contribution in [1.29, 1.82) is 0 Å². The van der Waals surface area contributed by atoms with Crippen LogP contribution in [0.15, 0.2) is 23.9 Å². The average Bonchev–Trinajstić information content (AvgIpc) is 2.67. The van der Waals surface area contributed by atoms with Crippen molar-refractivity contribution in [1.82, 2.24) is 5.06 Å². The normalized spacial score (nSPS) is 17.2. The van der Waals surface area contributed by atoms with E-state index in [-0.39, 0.29) is 29.9 Å². The van der Waals surface area contributed by atoms with Crippen molar-refractivity contribution in [2.24, 2.45) is 0 Å². The minimum Gasteiger partial charge on any atom is -0.490 e. The first-order valence-corrected chi connectivity index (χ1v) is 9.67. The van der Waals surface area contributed by atoms with E-state index in [0.29, 0.717) is 18.7 Å². The highest BCUT2D eigenvalue weighted by molar-refractivity contribution is 5.73. The van der Waals surface area contributed by atoms with Crippen LogP contribution in [0, 0.1) is 0 Å². The Morgan fingerprint density at radius 1 is 1.26 bits per heavy atom. The van der Waals surface area contributed by atoms with Gasteiger partial charge in [-0.15, -0.1) is 0 Å². The van der Waals surface area contributed by atoms with Crippen LogP contribution < -0.4 is 9.47 Å². The van der Waals surface area contributed by atoms with Crippen LogP contribution in [0.2, 0.25) is 0 Å². The van der Waals surface area contributed by atoms with E-state index in [0.717, 1.165) is 0 Å². The van der Waals surface area contributed by atoms with Gasteiger partial charge in [-0.2, -0.15) is 13.2 Å². The summed E-state index contributed by atoms with van der Waals surface area (Å²) in [6, 6.07) is 4.28. The minimum atomic E-state index is -4.54. The molecule has 10 heteroatoms. The maximum absolute atomic E-state index is 12.6. The molecular weight excluding hydrogens is 419 g/mol. The molecule has 0 amide bonds. The summed E-state index contributed by atoms with van der Waals surface area (Å²) in [5.41, 5.74) is 0.0445. The summed E-state index contributed by atoms with van der Waals surface area (Å²) >= 11 is 0. The summed E-state index contributed by atoms with van der Waals surface area (Å²) in [5, 5.41) is 1.49. The number of piperidine rings is 1. The zero-order chi connectivity index (χ0) is 23.2. The van der Waals surface area contributed by atoms with Crippen LogP contribution in [0.4, 0.5) is 13.2 Å². The maximum Gasteiger partial charge on any atom is 0.422 e. The van der Waals surface area contributed by atoms with Crippen molar-refractivity contribution in [3.05, 3.63) is 29.5 Å². The van der Waals surface area contributed by atoms with Crippen molar-refractivity contribution in [2.75, 3.05) is 20.3 Å². The summed E-state index contributed by atoms with van der Waals surface area (Å²) in [6.45, 7) is 4.46. The molecule has 0 saturated carbocycles. The van der Waals surface area contributed by atoms with Crippen LogP contribution >= 0.6 is 0 Å². The molecule has 1 aromatic carbocycles. The quantitative estimate of drug-likeness (QED) is 0.469. The number of carbonyl (C=O) groups is 1. The number of alkyl halides is 3. The highest BCUT2D eigenvalue weighted by atomic mass is 19.4. The highest BCUT2D eigenvalue weighted by Crippen LogP contribution is 2.31. The monoisotopic (exact) mass is 445 g/mol. The Balaban J connectivity index is 2.13. The standard InChI is InChI=1S/C21H26F3NO6/c1-20(2,3)31-25-8-7-17(10-15(25)12-26)30-16-6-5-14(9-19(27)28-4)18(11-16)29-13-21(22,23)24/h5-6,11,17H,7-10,13H2,1-4H3. The number of esters is 1. The molecule has 172 valence electrons. The molecule has 1 aliphatic rings. The van der Waals surface area contributed by atoms with E-state index in [1.807, 2.05) is 26.7 Å². The first kappa shape index (κ1) is 24.6. The Bertz CT molecular complexity index is 827. The van der Waals surface area contributed by atoms with E-state index in [9.17, 15) is 22.8 Å². The van der Waals surface area contributed by atoms with Gasteiger partial charge in [-0.05, 0) is 26.8 Å². The van der Waals surface area contributed by atoms with Gasteiger partial charge in [0, 0.05) is 31.0 Å². The molecule has 1 heterocycles. The molecule has 31 heavy (non-hydrogen) atoms. The molecule has 1 atom stereocenters. The van der Waals surface area contributed by atoms with Crippen LogP contribution in [0.1, 0.15) is 39.2 Å². The number of rotatable bonds is 7. The number of benzene rings is 1. The summed E-state index contributed by atoms with van der Waals surface area (Å²) in [5.74, 6) is 1.38. The summed E-state index contributed by atoms with van der Waals surface area (Å²) < 4.78 is 53.1. The molecular formula is C21H26F3NO6. The summed E-state index contributed by atoms with van der Waals surface area (Å²) in [4.78, 5) is 28.6. The number of hydrogen-bond acceptors (Lipinski definition) is 7. The SMILES string of the molecule is COC(=O)Cc1ccc(OC2CCN(OC(C)(C)C)C(=C=O)C2)cc1OCC(F)(F)F. The first-order chi connectivity index (χ1) is 14.4. The lowest BCUT2D eigenvalue weighted by atomic mass is 10.1. The number of hydroxylamine groups is 2. The third-order valence-electron chi connectivity index (χ3n) is 4.17. The fraction of sp³-hybridized carbons (Fsp3) is 0.571. The van der Waals surface area contributed by atoms with Gasteiger partial charge < -0.3 is 14.2 Å². The van der Waals surface area contributed by atoms with Crippen molar-refractivity contribution in [3.8, 4) is 11.5 Å². The molecule has 1 aromatic rings. The van der Waals surface area contributed by atoms with E-state index < -0.39 is 30.5 Å². The van der Waals surface area contributed by atoms with Crippen LogP contribution in [0.3, 0.4) is 0 Å². The van der Waals surface area contributed by atoms with Crippen molar-refractivity contribution in [3.63, 3.8) is 0 Å². The Hall–Kier alpha value is -2.71. The molecule has 1 unspecified atom stereocenters. The number of nitrogens with zero attached hydrogens (tertiary/aromatic N) is 1. The fourth-order valence-corrected chi connectivity index (χ4v) is 2.91. The molecule has 0 radical (unpaired) electrons. The second kappa shape index (κ2) is 10.1. The van der Waals surface area contributed by atoms with E-state index in [2.05, 4.69) is 4.74 Å². The zero-order valence-corrected chi connectivity index (χ0v) is 17.9. The molecule has 0 N–H and O–H groups in total. The van der Waals surface area contributed by atoms with Gasteiger partial charge in [0.2, 0.25) is 0 Å². The van der Waals surface area contributed by atoms with E-state index in [1.54, 1.807) is 0 Å². The van der Waals surface area contributed by atoms with Gasteiger partial charge >= 0.3 is 12.1 Å². The van der Waals surface area contributed by atoms with Gasteiger partial charge in [0.1, 0.15) is 29.2 Å². The number of carbonyl (C=O) groups excluding carboxylic acids is 2. The Labute approximate surface area is 178 Å². The summed E-state index contributed by atoms with van der Waals surface area (Å²) in [6.07, 6.45) is -4.45. The fourth-order valence-electron chi connectivity index (χ4n) is 2.91. The predicted octanol–water partition coefficient (Wildman–Crippen LogP) is 3.63. The Kier molecular flexibility index (Phi) is 7.97. The minimum absolute atomic E-state index is 0.125. The highest BCUT2D eigenvalue weighted by Gasteiger charge is 2.31. The lowest BCUT2D eigenvalue weighted by Crippen LogP contribution is -2.41. The van der Waals surface area contributed by atoms with Crippen molar-refractivity contribution < 1.29 is 41.8 Å². The average molecular weight is 445 g/mol. The van der Waals surface area contributed by atoms with Gasteiger partial charge in [-0.25, -0.2) is 9.86 Å². The molecule has 0 aromatic heterocycles. The van der Waals surface area contributed by atoms with Gasteiger partial charge in [0.15, 0.2) is 6.61 Å². The number of methoxy groups -OCH3 is 1. The molecule has 1 aliphatic heterocycles. The maximum atomic E-state index is 12.6. The topological polar surface area (TPSA) is 74.3 Å². The number of ether oxygens (including phenoxy) is 3. The van der Waals surface area contributed by atoms with E-state index >= 15 is 0 Å². The smallest absolute Gasteiger partial charge is 0.422 e. The first-order valence-electron chi connectivity index (χ1n) is 9.67. The lowest BCUT2D eigenvalue weighted by molar-refractivity contribution is -0.217. The van der Waals surface area contributed by atoms with Crippen molar-refractivity contribution in [2.45, 2.75) is 57.9 Å². The van der Waals surface area contributed by atoms with Crippen LogP contribution in [-0.2, 0) is 25.6 Å². The molecule has 0 aliphatic carbocycles. The van der Waals surface area contributed by atoms with E-state index in [4.69, 9.17) is 14.3 Å². The number of halogens is 3. The largest absolute Gasteiger partial charge is 0.490 e. The molecule has 1 saturated heterocycles. The van der Waals surface area contributed by atoms with Gasteiger partial charge in [0.05, 0.1) is 19.1 Å². The zero-order valence-electron chi connectivity index (χ0n) is 17.9. The second-order valence-corrected chi connectivity index (χ2v) is 8.01. The molecule has 1 fully saturated rings. The lowest BCUT2D eigenvalue weighted by Gasteiger charge is -2.36. The molecule has 0 bridgehead atoms. The van der Waals surface area contributed by atoms with Gasteiger partial charge in [-0.3, -0.25) is 9.63 Å². The van der Waals surface area contributed by atoms with Crippen LogP contribution in [0.5, 0.6) is 11.5 Å². The Morgan fingerprint density at radius 2 is 1.97 bits per heavy atom. The van der Waals surface area contributed by atoms with Gasteiger partial charge in [0.25, 0.3) is 0 Å². The molecule has 7 nitrogen and oxygen atoms in total. The van der Waals surface area contributed by atoms with Crippen molar-refractivity contribution >= 4 is 11.9 Å². The molecule has 0 spiro atoms. The third kappa shape index (κ3) is 8.15. The van der Waals surface area contributed by atoms with Crippen LogP contribution in [-0.4, -0.2) is 55.1 Å². The van der Waals surface area contributed by atoms with Gasteiger partial charge in [-0.1, -0.05) is 6.07 Å². The van der Waals surface area contributed by atoms with Crippen LogP contribution in [0.25, 0.3) is 0 Å². The Morgan fingerprint density at radius 3 is 2.55 bits per heavy atom. The second-order valence-electron chi connectivity index (χ2n) is 8.01. The summed E-state index contributed by atoms with van der Waals surface area (Å²) in [7, 11) is 1.18. The van der Waals surface area contributed by atoms with E-state index in [1.165, 1.54) is 30.4 Å². The predicted molar refractivity (Wildman–Crippen MR) is 104 cm³/mol. The third-order valence-corrected chi connectivity index (χ3v) is 4.17. The molecule has 2 rings (SSSR count). The number of hydrogen-bond donors (Lipinski definition) is 0.